The molecule has 2 aliphatic heterocycles. The summed E-state index contributed by atoms with van der Waals surface area (Å²) >= 11 is 1.29. The molecule has 0 amide bonds. The van der Waals surface area contributed by atoms with Crippen LogP contribution in [0.2, 0.25) is 0 Å². The Bertz CT molecular complexity index is 594. The zero-order valence-corrected chi connectivity index (χ0v) is 11.5. The van der Waals surface area contributed by atoms with Crippen LogP contribution >= 0.6 is 11.8 Å². The molecule has 1 aromatic rings. The Balaban J connectivity index is 1.96. The topological polar surface area (TPSA) is 54.5 Å². The second-order valence-electron chi connectivity index (χ2n) is 4.70. The average molecular weight is 283 g/mol. The predicted molar refractivity (Wildman–Crippen MR) is 69.9 cm³/mol. The van der Waals surface area contributed by atoms with Gasteiger partial charge in [-0.1, -0.05) is 29.5 Å². The van der Waals surface area contributed by atoms with Gasteiger partial charge < -0.3 is 0 Å². The summed E-state index contributed by atoms with van der Waals surface area (Å²) in [4.78, 5) is 11.9. The van der Waals surface area contributed by atoms with E-state index >= 15 is 0 Å². The van der Waals surface area contributed by atoms with E-state index in [1.165, 1.54) is 16.1 Å². The minimum atomic E-state index is -3.52. The zero-order valence-electron chi connectivity index (χ0n) is 9.87. The Kier molecular flexibility index (Phi) is 2.76. The van der Waals surface area contributed by atoms with Crippen molar-refractivity contribution in [2.75, 3.05) is 6.54 Å². The number of hydrogen-bond donors (Lipinski definition) is 0. The minimum absolute atomic E-state index is 0.0121. The summed E-state index contributed by atoms with van der Waals surface area (Å²) in [5, 5.41) is 0.129. The van der Waals surface area contributed by atoms with Crippen LogP contribution in [-0.2, 0) is 14.8 Å². The molecule has 2 saturated heterocycles. The largest absolute Gasteiger partial charge is 0.285 e. The normalized spacial score (nSPS) is 27.9. The van der Waals surface area contributed by atoms with Crippen molar-refractivity contribution in [3.8, 4) is 0 Å². The fourth-order valence-electron chi connectivity index (χ4n) is 2.42. The molecule has 0 radical (unpaired) electrons. The number of benzene rings is 1. The van der Waals surface area contributed by atoms with Crippen molar-refractivity contribution in [2.45, 2.75) is 29.5 Å². The van der Waals surface area contributed by atoms with Gasteiger partial charge in [-0.15, -0.1) is 0 Å². The van der Waals surface area contributed by atoms with Crippen molar-refractivity contribution in [1.82, 2.24) is 4.31 Å². The highest BCUT2D eigenvalue weighted by atomic mass is 32.2. The van der Waals surface area contributed by atoms with E-state index in [0.29, 0.717) is 13.0 Å². The number of aryl methyl sites for hydroxylation is 1. The highest BCUT2D eigenvalue weighted by Crippen LogP contribution is 2.41. The van der Waals surface area contributed by atoms with Crippen LogP contribution in [0.5, 0.6) is 0 Å². The number of hydrogen-bond acceptors (Lipinski definition) is 4. The van der Waals surface area contributed by atoms with E-state index in [2.05, 4.69) is 0 Å². The number of carbonyl (C=O) groups is 1. The quantitative estimate of drug-likeness (QED) is 0.823. The van der Waals surface area contributed by atoms with Gasteiger partial charge in [0.2, 0.25) is 15.1 Å². The number of nitrogens with zero attached hydrogens (tertiary/aromatic N) is 1. The van der Waals surface area contributed by atoms with E-state index in [1.807, 2.05) is 6.92 Å². The molecule has 0 saturated carbocycles. The maximum absolute atomic E-state index is 12.4. The fourth-order valence-corrected chi connectivity index (χ4v) is 5.45. The molecule has 0 aliphatic carbocycles. The molecule has 6 heteroatoms. The van der Waals surface area contributed by atoms with E-state index in [0.717, 1.165) is 5.56 Å². The molecule has 1 aromatic carbocycles. The predicted octanol–water partition coefficient (Wildman–Crippen LogP) is 1.40. The minimum Gasteiger partial charge on any atom is -0.285 e. The molecule has 4 nitrogen and oxygen atoms in total. The van der Waals surface area contributed by atoms with Crippen LogP contribution in [-0.4, -0.2) is 35.7 Å². The lowest BCUT2D eigenvalue weighted by Gasteiger charge is -2.24. The van der Waals surface area contributed by atoms with Gasteiger partial charge in [0.05, 0.1) is 10.9 Å². The molecule has 2 heterocycles. The number of rotatable bonds is 2. The summed E-state index contributed by atoms with van der Waals surface area (Å²) in [7, 11) is -3.52. The molecule has 0 aromatic heterocycles. The van der Waals surface area contributed by atoms with E-state index in [9.17, 15) is 13.2 Å². The lowest BCUT2D eigenvalue weighted by molar-refractivity contribution is -0.113. The summed E-state index contributed by atoms with van der Waals surface area (Å²) in [6.07, 6.45) is 0.661. The molecule has 2 atom stereocenters. The number of carbonyl (C=O) groups excluding carboxylic acids is 1. The standard InChI is InChI=1S/C12H13NO3S2/c1-8-2-4-10(5-3-8)18(15,16)13-7-9-6-11(13)12(14)17-9/h2-5,9,11H,6-7H2,1H3/t9-,11-/m0/s1. The van der Waals surface area contributed by atoms with Crippen LogP contribution in [0.25, 0.3) is 0 Å². The third kappa shape index (κ3) is 1.79. The first-order valence-corrected chi connectivity index (χ1v) is 8.09. The van der Waals surface area contributed by atoms with Crippen LogP contribution in [0.15, 0.2) is 29.2 Å². The Morgan fingerprint density at radius 2 is 1.94 bits per heavy atom. The van der Waals surface area contributed by atoms with Gasteiger partial charge in [0.25, 0.3) is 0 Å². The second kappa shape index (κ2) is 4.08. The highest BCUT2D eigenvalue weighted by molar-refractivity contribution is 8.14. The summed E-state index contributed by atoms with van der Waals surface area (Å²) in [5.41, 5.74) is 1.02. The first kappa shape index (κ1) is 12.2. The third-order valence-corrected chi connectivity index (χ3v) is 6.47. The maximum atomic E-state index is 12.4. The van der Waals surface area contributed by atoms with Gasteiger partial charge in [0, 0.05) is 11.8 Å². The smallest absolute Gasteiger partial charge is 0.243 e. The zero-order chi connectivity index (χ0) is 12.9. The van der Waals surface area contributed by atoms with Crippen molar-refractivity contribution in [3.05, 3.63) is 29.8 Å². The fraction of sp³-hybridized carbons (Fsp3) is 0.417. The van der Waals surface area contributed by atoms with E-state index in [4.69, 9.17) is 0 Å². The molecule has 2 fully saturated rings. The summed E-state index contributed by atoms with van der Waals surface area (Å²) < 4.78 is 26.3. The lowest BCUT2D eigenvalue weighted by Crippen LogP contribution is -2.41. The SMILES string of the molecule is Cc1ccc(S(=O)(=O)N2C[C@@H]3C[C@H]2C(=O)S3)cc1. The summed E-state index contributed by atoms with van der Waals surface area (Å²) in [6, 6.07) is 6.31. The molecule has 0 unspecified atom stereocenters. The van der Waals surface area contributed by atoms with E-state index in [1.54, 1.807) is 24.3 Å². The third-order valence-electron chi connectivity index (χ3n) is 3.40. The van der Waals surface area contributed by atoms with Gasteiger partial charge >= 0.3 is 0 Å². The van der Waals surface area contributed by atoms with Crippen LogP contribution in [0.1, 0.15) is 12.0 Å². The Hall–Kier alpha value is -0.850. The first-order valence-electron chi connectivity index (χ1n) is 5.77. The molecule has 3 rings (SSSR count). The molecule has 0 N–H and O–H groups in total. The average Bonchev–Trinajstić information content (AvgIpc) is 2.88. The number of thioether (sulfide) groups is 1. The molecule has 2 bridgehead atoms. The van der Waals surface area contributed by atoms with E-state index < -0.39 is 16.1 Å². The number of fused-ring (bicyclic) bond motifs is 2. The van der Waals surface area contributed by atoms with Gasteiger partial charge in [-0.05, 0) is 25.5 Å². The Labute approximate surface area is 110 Å². The van der Waals surface area contributed by atoms with Gasteiger partial charge in [0.15, 0.2) is 0 Å². The lowest BCUT2D eigenvalue weighted by atomic mass is 10.2. The number of sulfonamides is 1. The first-order chi connectivity index (χ1) is 8.48. The van der Waals surface area contributed by atoms with Gasteiger partial charge in [0.1, 0.15) is 0 Å². The van der Waals surface area contributed by atoms with Crippen LogP contribution < -0.4 is 0 Å². The summed E-state index contributed by atoms with van der Waals surface area (Å²) in [5.74, 6) is 0. The molecular formula is C12H13NO3S2. The monoisotopic (exact) mass is 283 g/mol. The van der Waals surface area contributed by atoms with Crippen molar-refractivity contribution in [2.24, 2.45) is 0 Å². The maximum Gasteiger partial charge on any atom is 0.243 e. The Morgan fingerprint density at radius 3 is 2.50 bits per heavy atom. The molecule has 96 valence electrons. The van der Waals surface area contributed by atoms with Crippen LogP contribution in [0.4, 0.5) is 0 Å². The van der Waals surface area contributed by atoms with Crippen molar-refractivity contribution >= 4 is 26.9 Å². The van der Waals surface area contributed by atoms with Gasteiger partial charge in [-0.3, -0.25) is 4.79 Å². The molecular weight excluding hydrogens is 270 g/mol. The molecule has 0 spiro atoms. The van der Waals surface area contributed by atoms with Crippen LogP contribution in [0, 0.1) is 6.92 Å². The molecule has 18 heavy (non-hydrogen) atoms. The highest BCUT2D eigenvalue weighted by Gasteiger charge is 2.50. The summed E-state index contributed by atoms with van der Waals surface area (Å²) in [6.45, 7) is 2.37. The van der Waals surface area contributed by atoms with Crippen molar-refractivity contribution < 1.29 is 13.2 Å². The Morgan fingerprint density at radius 1 is 1.28 bits per heavy atom. The molecule has 2 aliphatic rings. The second-order valence-corrected chi connectivity index (χ2v) is 7.89. The van der Waals surface area contributed by atoms with Gasteiger partial charge in [-0.2, -0.15) is 4.31 Å². The van der Waals surface area contributed by atoms with E-state index in [-0.39, 0.29) is 15.3 Å². The van der Waals surface area contributed by atoms with Crippen LogP contribution in [0.3, 0.4) is 0 Å². The van der Waals surface area contributed by atoms with Crippen molar-refractivity contribution in [1.29, 1.82) is 0 Å². The van der Waals surface area contributed by atoms with Crippen molar-refractivity contribution in [3.63, 3.8) is 0 Å². The van der Waals surface area contributed by atoms with Gasteiger partial charge in [-0.25, -0.2) is 8.42 Å².